The summed E-state index contributed by atoms with van der Waals surface area (Å²) in [5.41, 5.74) is -0.570. The lowest BCUT2D eigenvalue weighted by Crippen LogP contribution is -2.47. The van der Waals surface area contributed by atoms with Gasteiger partial charge in [-0.05, 0) is 69.6 Å². The van der Waals surface area contributed by atoms with Gasteiger partial charge >= 0.3 is 5.97 Å². The molecule has 0 heterocycles. The van der Waals surface area contributed by atoms with Crippen LogP contribution in [0.4, 0.5) is 0 Å². The zero-order valence-electron chi connectivity index (χ0n) is 11.4. The van der Waals surface area contributed by atoms with E-state index in [0.29, 0.717) is 0 Å². The van der Waals surface area contributed by atoms with Crippen molar-refractivity contribution in [1.29, 1.82) is 0 Å². The molecule has 0 saturated heterocycles. The van der Waals surface area contributed by atoms with Crippen LogP contribution in [0, 0.1) is 29.1 Å². The number of aliphatic carboxylic acids is 1. The van der Waals surface area contributed by atoms with Crippen molar-refractivity contribution in [2.24, 2.45) is 29.1 Å². The SMILES string of the molecule is CC(C)(CSC1C2CC3CC(C2)CC1C3)C(=O)O. The Bertz CT molecular complexity index is 322. The smallest absolute Gasteiger partial charge is 0.309 e. The third-order valence-corrected chi connectivity index (χ3v) is 7.40. The second kappa shape index (κ2) is 4.43. The molecule has 4 saturated carbocycles. The highest BCUT2D eigenvalue weighted by Crippen LogP contribution is 2.57. The first-order valence-corrected chi connectivity index (χ1v) is 8.35. The van der Waals surface area contributed by atoms with E-state index in [2.05, 4.69) is 0 Å². The summed E-state index contributed by atoms with van der Waals surface area (Å²) >= 11 is 1.97. The van der Waals surface area contributed by atoms with Crippen molar-refractivity contribution in [2.75, 3.05) is 5.75 Å². The monoisotopic (exact) mass is 268 g/mol. The van der Waals surface area contributed by atoms with Crippen molar-refractivity contribution in [3.63, 3.8) is 0 Å². The molecular weight excluding hydrogens is 244 g/mol. The number of thioether (sulfide) groups is 1. The second-order valence-corrected chi connectivity index (χ2v) is 8.56. The maximum absolute atomic E-state index is 11.2. The number of carboxylic acids is 1. The molecule has 102 valence electrons. The molecule has 0 radical (unpaired) electrons. The van der Waals surface area contributed by atoms with Crippen LogP contribution < -0.4 is 0 Å². The summed E-state index contributed by atoms with van der Waals surface area (Å²) in [5, 5.41) is 9.97. The summed E-state index contributed by atoms with van der Waals surface area (Å²) in [6.07, 6.45) is 7.21. The van der Waals surface area contributed by atoms with E-state index in [0.717, 1.165) is 34.7 Å². The zero-order chi connectivity index (χ0) is 12.9. The van der Waals surface area contributed by atoms with Crippen molar-refractivity contribution < 1.29 is 9.90 Å². The minimum absolute atomic E-state index is 0.570. The molecular formula is C15H24O2S. The molecule has 2 nitrogen and oxygen atoms in total. The molecule has 3 heteroatoms. The predicted octanol–water partition coefficient (Wildman–Crippen LogP) is 3.66. The third-order valence-electron chi connectivity index (χ3n) is 5.36. The lowest BCUT2D eigenvalue weighted by atomic mass is 9.56. The maximum Gasteiger partial charge on any atom is 0.309 e. The van der Waals surface area contributed by atoms with Gasteiger partial charge in [0.05, 0.1) is 5.41 Å². The Balaban J connectivity index is 1.62. The van der Waals surface area contributed by atoms with E-state index < -0.39 is 11.4 Å². The Labute approximate surface area is 114 Å². The van der Waals surface area contributed by atoms with Gasteiger partial charge in [-0.2, -0.15) is 11.8 Å². The summed E-state index contributed by atoms with van der Waals surface area (Å²) in [7, 11) is 0. The first kappa shape index (κ1) is 12.8. The quantitative estimate of drug-likeness (QED) is 0.845. The molecule has 4 fully saturated rings. The molecule has 0 aromatic heterocycles. The van der Waals surface area contributed by atoms with Crippen LogP contribution in [-0.4, -0.2) is 22.1 Å². The van der Waals surface area contributed by atoms with Gasteiger partial charge < -0.3 is 5.11 Å². The van der Waals surface area contributed by atoms with Gasteiger partial charge in [-0.1, -0.05) is 0 Å². The van der Waals surface area contributed by atoms with E-state index in [1.54, 1.807) is 0 Å². The van der Waals surface area contributed by atoms with Crippen molar-refractivity contribution in [3.8, 4) is 0 Å². The molecule has 0 amide bonds. The van der Waals surface area contributed by atoms with Crippen molar-refractivity contribution >= 4 is 17.7 Å². The fourth-order valence-electron chi connectivity index (χ4n) is 4.51. The highest BCUT2D eigenvalue weighted by atomic mass is 32.2. The predicted molar refractivity (Wildman–Crippen MR) is 74.7 cm³/mol. The minimum Gasteiger partial charge on any atom is -0.481 e. The van der Waals surface area contributed by atoms with Gasteiger partial charge in [0.2, 0.25) is 0 Å². The molecule has 18 heavy (non-hydrogen) atoms. The highest BCUT2D eigenvalue weighted by molar-refractivity contribution is 8.00. The Morgan fingerprint density at radius 1 is 1.11 bits per heavy atom. The van der Waals surface area contributed by atoms with Crippen LogP contribution in [0.25, 0.3) is 0 Å². The number of hydrogen-bond acceptors (Lipinski definition) is 2. The molecule has 4 rings (SSSR count). The van der Waals surface area contributed by atoms with Gasteiger partial charge in [0.25, 0.3) is 0 Å². The number of hydrogen-bond donors (Lipinski definition) is 1. The van der Waals surface area contributed by atoms with Crippen LogP contribution in [0.1, 0.15) is 46.0 Å². The summed E-state index contributed by atoms with van der Waals surface area (Å²) in [6.45, 7) is 3.72. The standard InChI is InChI=1S/C15H24O2S/c1-15(2,14(16)17)8-18-13-11-4-9-3-10(6-11)7-12(13)5-9/h9-13H,3-8H2,1-2H3,(H,16,17). The first-order valence-electron chi connectivity index (χ1n) is 7.30. The van der Waals surface area contributed by atoms with Gasteiger partial charge in [0.1, 0.15) is 0 Å². The fraction of sp³-hybridized carbons (Fsp3) is 0.933. The largest absolute Gasteiger partial charge is 0.481 e. The molecule has 4 aliphatic rings. The average molecular weight is 268 g/mol. The maximum atomic E-state index is 11.2. The summed E-state index contributed by atoms with van der Waals surface area (Å²) in [4.78, 5) is 11.2. The van der Waals surface area contributed by atoms with E-state index in [4.69, 9.17) is 0 Å². The van der Waals surface area contributed by atoms with Crippen LogP contribution in [0.15, 0.2) is 0 Å². The van der Waals surface area contributed by atoms with Gasteiger partial charge in [-0.3, -0.25) is 4.79 Å². The molecule has 0 aromatic rings. The van der Waals surface area contributed by atoms with Crippen molar-refractivity contribution in [2.45, 2.75) is 51.2 Å². The second-order valence-electron chi connectivity index (χ2n) is 7.40. The van der Waals surface area contributed by atoms with Crippen LogP contribution in [0.5, 0.6) is 0 Å². The molecule has 4 bridgehead atoms. The van der Waals surface area contributed by atoms with Crippen molar-refractivity contribution in [1.82, 2.24) is 0 Å². The van der Waals surface area contributed by atoms with E-state index in [1.165, 1.54) is 32.1 Å². The van der Waals surface area contributed by atoms with Crippen LogP contribution >= 0.6 is 11.8 Å². The van der Waals surface area contributed by atoms with Gasteiger partial charge in [-0.15, -0.1) is 0 Å². The zero-order valence-corrected chi connectivity index (χ0v) is 12.2. The Hall–Kier alpha value is -0.180. The third kappa shape index (κ3) is 2.19. The normalized spacial score (nSPS) is 42.2. The van der Waals surface area contributed by atoms with Crippen LogP contribution in [0.3, 0.4) is 0 Å². The number of carboxylic acid groups (broad SMARTS) is 1. The van der Waals surface area contributed by atoms with Gasteiger partial charge in [0, 0.05) is 11.0 Å². The van der Waals surface area contributed by atoms with Crippen LogP contribution in [-0.2, 0) is 4.79 Å². The Morgan fingerprint density at radius 2 is 1.61 bits per heavy atom. The van der Waals surface area contributed by atoms with E-state index >= 15 is 0 Å². The number of rotatable bonds is 4. The highest BCUT2D eigenvalue weighted by Gasteiger charge is 2.48. The molecule has 0 aliphatic heterocycles. The van der Waals surface area contributed by atoms with E-state index in [1.807, 2.05) is 25.6 Å². The van der Waals surface area contributed by atoms with Crippen LogP contribution in [0.2, 0.25) is 0 Å². The first-order chi connectivity index (χ1) is 8.45. The molecule has 0 spiro atoms. The van der Waals surface area contributed by atoms with E-state index in [-0.39, 0.29) is 0 Å². The van der Waals surface area contributed by atoms with Crippen molar-refractivity contribution in [3.05, 3.63) is 0 Å². The molecule has 0 aromatic carbocycles. The Morgan fingerprint density at radius 3 is 2.06 bits per heavy atom. The molecule has 0 atom stereocenters. The number of carbonyl (C=O) groups is 1. The average Bonchev–Trinajstić information content (AvgIpc) is 2.26. The summed E-state index contributed by atoms with van der Waals surface area (Å²) in [6, 6.07) is 0. The molecule has 1 N–H and O–H groups in total. The lowest BCUT2D eigenvalue weighted by Gasteiger charge is -2.54. The van der Waals surface area contributed by atoms with Gasteiger partial charge in [0.15, 0.2) is 0 Å². The van der Waals surface area contributed by atoms with E-state index in [9.17, 15) is 9.90 Å². The fourth-order valence-corrected chi connectivity index (χ4v) is 6.24. The minimum atomic E-state index is -0.654. The Kier molecular flexibility index (Phi) is 3.16. The van der Waals surface area contributed by atoms with Gasteiger partial charge in [-0.25, -0.2) is 0 Å². The summed E-state index contributed by atoms with van der Waals surface area (Å²) in [5.74, 6) is 3.94. The lowest BCUT2D eigenvalue weighted by molar-refractivity contribution is -0.145. The molecule has 4 aliphatic carbocycles. The summed E-state index contributed by atoms with van der Waals surface area (Å²) < 4.78 is 0. The molecule has 0 unspecified atom stereocenters. The topological polar surface area (TPSA) is 37.3 Å².